The smallest absolute Gasteiger partial charge is 0.257 e. The van der Waals surface area contributed by atoms with E-state index < -0.39 is 0 Å². The monoisotopic (exact) mass is 248 g/mol. The van der Waals surface area contributed by atoms with Crippen LogP contribution in [0.15, 0.2) is 16.7 Å². The molecule has 1 aliphatic carbocycles. The molecule has 2 unspecified atom stereocenters. The molecule has 0 aromatic carbocycles. The molecule has 2 aliphatic rings. The van der Waals surface area contributed by atoms with Crippen LogP contribution < -0.4 is 5.73 Å². The van der Waals surface area contributed by atoms with Crippen LogP contribution in [-0.2, 0) is 6.54 Å². The third kappa shape index (κ3) is 1.94. The molecule has 18 heavy (non-hydrogen) atoms. The van der Waals surface area contributed by atoms with Gasteiger partial charge in [-0.1, -0.05) is 6.42 Å². The van der Waals surface area contributed by atoms with Gasteiger partial charge in [-0.15, -0.1) is 0 Å². The third-order valence-corrected chi connectivity index (χ3v) is 4.36. The molecule has 1 saturated carbocycles. The van der Waals surface area contributed by atoms with Crippen molar-refractivity contribution in [3.8, 4) is 0 Å². The quantitative estimate of drug-likeness (QED) is 0.872. The van der Waals surface area contributed by atoms with Gasteiger partial charge in [-0.25, -0.2) is 0 Å². The van der Waals surface area contributed by atoms with Crippen molar-refractivity contribution in [2.45, 2.75) is 44.7 Å². The Bertz CT molecular complexity index is 441. The van der Waals surface area contributed by atoms with Crippen LogP contribution in [0.1, 0.15) is 48.2 Å². The first-order valence-corrected chi connectivity index (χ1v) is 6.88. The van der Waals surface area contributed by atoms with Crippen LogP contribution in [-0.4, -0.2) is 23.4 Å². The van der Waals surface area contributed by atoms with Gasteiger partial charge < -0.3 is 15.1 Å². The number of rotatable bonds is 2. The molecule has 2 fully saturated rings. The van der Waals surface area contributed by atoms with E-state index in [9.17, 15) is 4.79 Å². The molecular weight excluding hydrogens is 228 g/mol. The number of hydrogen-bond donors (Lipinski definition) is 1. The van der Waals surface area contributed by atoms with Gasteiger partial charge in [0.1, 0.15) is 12.0 Å². The molecule has 2 N–H and O–H groups in total. The standard InChI is InChI=1S/C14H20N2O2/c15-8-12-7-11(9-18-12)14(17)16-6-2-4-10-3-1-5-13(10)16/h7,9-10,13H,1-6,8,15H2. The number of carbonyl (C=O) groups is 1. The van der Waals surface area contributed by atoms with Crippen LogP contribution in [0.25, 0.3) is 0 Å². The van der Waals surface area contributed by atoms with E-state index in [1.807, 2.05) is 0 Å². The first-order valence-electron chi connectivity index (χ1n) is 6.88. The Balaban J connectivity index is 1.78. The van der Waals surface area contributed by atoms with Crippen molar-refractivity contribution in [2.24, 2.45) is 11.7 Å². The molecule has 2 heterocycles. The van der Waals surface area contributed by atoms with E-state index in [4.69, 9.17) is 10.2 Å². The van der Waals surface area contributed by atoms with E-state index >= 15 is 0 Å². The lowest BCUT2D eigenvalue weighted by Crippen LogP contribution is -2.46. The zero-order valence-corrected chi connectivity index (χ0v) is 10.6. The molecule has 4 nitrogen and oxygen atoms in total. The molecule has 0 bridgehead atoms. The zero-order valence-electron chi connectivity index (χ0n) is 10.6. The zero-order chi connectivity index (χ0) is 12.5. The normalized spacial score (nSPS) is 27.3. The van der Waals surface area contributed by atoms with Gasteiger partial charge in [-0.2, -0.15) is 0 Å². The maximum atomic E-state index is 12.5. The van der Waals surface area contributed by atoms with Gasteiger partial charge in [0.05, 0.1) is 12.1 Å². The summed E-state index contributed by atoms with van der Waals surface area (Å²) in [5.74, 6) is 1.52. The van der Waals surface area contributed by atoms with Crippen LogP contribution in [0.2, 0.25) is 0 Å². The van der Waals surface area contributed by atoms with Crippen molar-refractivity contribution >= 4 is 5.91 Å². The Labute approximate surface area is 107 Å². The van der Waals surface area contributed by atoms with Crippen LogP contribution in [0.4, 0.5) is 0 Å². The van der Waals surface area contributed by atoms with E-state index in [2.05, 4.69) is 4.90 Å². The number of fused-ring (bicyclic) bond motifs is 1. The minimum Gasteiger partial charge on any atom is -0.467 e. The van der Waals surface area contributed by atoms with Gasteiger partial charge in [0, 0.05) is 12.6 Å². The van der Waals surface area contributed by atoms with Crippen LogP contribution in [0.5, 0.6) is 0 Å². The van der Waals surface area contributed by atoms with E-state index in [0.717, 1.165) is 25.3 Å². The molecule has 2 atom stereocenters. The summed E-state index contributed by atoms with van der Waals surface area (Å²) in [7, 11) is 0. The molecule has 0 spiro atoms. The van der Waals surface area contributed by atoms with Crippen LogP contribution in [0.3, 0.4) is 0 Å². The van der Waals surface area contributed by atoms with Gasteiger partial charge >= 0.3 is 0 Å². The van der Waals surface area contributed by atoms with Crippen LogP contribution in [0, 0.1) is 5.92 Å². The Hall–Kier alpha value is -1.29. The topological polar surface area (TPSA) is 59.5 Å². The fourth-order valence-electron chi connectivity index (χ4n) is 3.47. The summed E-state index contributed by atoms with van der Waals surface area (Å²) in [4.78, 5) is 14.6. The van der Waals surface area contributed by atoms with Crippen molar-refractivity contribution in [3.63, 3.8) is 0 Å². The van der Waals surface area contributed by atoms with Crippen molar-refractivity contribution in [3.05, 3.63) is 23.7 Å². The number of likely N-dealkylation sites (tertiary alicyclic amines) is 1. The maximum Gasteiger partial charge on any atom is 0.257 e. The fraction of sp³-hybridized carbons (Fsp3) is 0.643. The number of hydrogen-bond acceptors (Lipinski definition) is 3. The lowest BCUT2D eigenvalue weighted by atomic mass is 9.91. The van der Waals surface area contributed by atoms with Gasteiger partial charge in [-0.05, 0) is 37.7 Å². The number of furan rings is 1. The summed E-state index contributed by atoms with van der Waals surface area (Å²) < 4.78 is 5.26. The summed E-state index contributed by atoms with van der Waals surface area (Å²) in [6.07, 6.45) is 7.68. The Kier molecular flexibility index (Phi) is 3.12. The lowest BCUT2D eigenvalue weighted by Gasteiger charge is -2.37. The van der Waals surface area contributed by atoms with Gasteiger partial charge in [0.15, 0.2) is 0 Å². The van der Waals surface area contributed by atoms with E-state index in [1.54, 1.807) is 12.3 Å². The molecule has 98 valence electrons. The van der Waals surface area contributed by atoms with Crippen molar-refractivity contribution in [2.75, 3.05) is 6.54 Å². The second-order valence-corrected chi connectivity index (χ2v) is 5.40. The number of nitrogens with zero attached hydrogens (tertiary/aromatic N) is 1. The minimum absolute atomic E-state index is 0.120. The second-order valence-electron chi connectivity index (χ2n) is 5.40. The third-order valence-electron chi connectivity index (χ3n) is 4.36. The average Bonchev–Trinajstić information content (AvgIpc) is 3.05. The van der Waals surface area contributed by atoms with Crippen molar-refractivity contribution in [1.29, 1.82) is 0 Å². The van der Waals surface area contributed by atoms with E-state index in [1.165, 1.54) is 19.3 Å². The van der Waals surface area contributed by atoms with E-state index in [-0.39, 0.29) is 5.91 Å². The summed E-state index contributed by atoms with van der Waals surface area (Å²) >= 11 is 0. The predicted molar refractivity (Wildman–Crippen MR) is 68.0 cm³/mol. The summed E-state index contributed by atoms with van der Waals surface area (Å²) in [6, 6.07) is 2.24. The van der Waals surface area contributed by atoms with Gasteiger partial charge in [0.25, 0.3) is 5.91 Å². The Morgan fingerprint density at radius 1 is 1.39 bits per heavy atom. The van der Waals surface area contributed by atoms with Gasteiger partial charge in [-0.3, -0.25) is 4.79 Å². The highest BCUT2D eigenvalue weighted by molar-refractivity contribution is 5.94. The molecule has 1 aliphatic heterocycles. The minimum atomic E-state index is 0.120. The Morgan fingerprint density at radius 2 is 2.22 bits per heavy atom. The fourth-order valence-corrected chi connectivity index (χ4v) is 3.47. The van der Waals surface area contributed by atoms with Gasteiger partial charge in [0.2, 0.25) is 0 Å². The second kappa shape index (κ2) is 4.76. The molecule has 0 radical (unpaired) electrons. The average molecular weight is 248 g/mol. The Morgan fingerprint density at radius 3 is 3.00 bits per heavy atom. The van der Waals surface area contributed by atoms with Crippen LogP contribution >= 0.6 is 0 Å². The van der Waals surface area contributed by atoms with Crippen molar-refractivity contribution in [1.82, 2.24) is 4.90 Å². The number of nitrogens with two attached hydrogens (primary N) is 1. The highest BCUT2D eigenvalue weighted by Gasteiger charge is 2.37. The molecular formula is C14H20N2O2. The lowest BCUT2D eigenvalue weighted by molar-refractivity contribution is 0.0547. The number of carbonyl (C=O) groups excluding carboxylic acids is 1. The number of amides is 1. The molecule has 1 saturated heterocycles. The van der Waals surface area contributed by atoms with E-state index in [0.29, 0.717) is 23.9 Å². The summed E-state index contributed by atoms with van der Waals surface area (Å²) in [5, 5.41) is 0. The SMILES string of the molecule is NCc1cc(C(=O)N2CCCC3CCCC32)co1. The molecule has 1 aromatic heterocycles. The molecule has 3 rings (SSSR count). The maximum absolute atomic E-state index is 12.5. The molecule has 4 heteroatoms. The highest BCUT2D eigenvalue weighted by Crippen LogP contribution is 2.37. The summed E-state index contributed by atoms with van der Waals surface area (Å²) in [5.41, 5.74) is 6.16. The predicted octanol–water partition coefficient (Wildman–Crippen LogP) is 2.14. The largest absolute Gasteiger partial charge is 0.467 e. The first kappa shape index (κ1) is 11.8. The highest BCUT2D eigenvalue weighted by atomic mass is 16.3. The molecule has 1 amide bonds. The number of piperidine rings is 1. The van der Waals surface area contributed by atoms with Crippen molar-refractivity contribution < 1.29 is 9.21 Å². The summed E-state index contributed by atoms with van der Waals surface area (Å²) in [6.45, 7) is 1.24. The first-order chi connectivity index (χ1) is 8.79. The molecule has 1 aromatic rings.